The van der Waals surface area contributed by atoms with Gasteiger partial charge >= 0.3 is 11.9 Å². The third kappa shape index (κ3) is 12.6. The Morgan fingerprint density at radius 1 is 0.630 bits per heavy atom. The molecule has 0 spiro atoms. The van der Waals surface area contributed by atoms with E-state index in [1.807, 2.05) is 34.6 Å². The Kier molecular flexibility index (Phi) is 14.9. The van der Waals surface area contributed by atoms with Crippen molar-refractivity contribution in [3.05, 3.63) is 11.1 Å². The van der Waals surface area contributed by atoms with Crippen molar-refractivity contribution in [1.82, 2.24) is 0 Å². The van der Waals surface area contributed by atoms with Gasteiger partial charge in [-0.05, 0) is 31.1 Å². The molecule has 0 bridgehead atoms. The second-order valence-electron chi connectivity index (χ2n) is 8.21. The maximum atomic E-state index is 12.7. The van der Waals surface area contributed by atoms with Gasteiger partial charge in [-0.1, -0.05) is 80.1 Å². The molecule has 0 aliphatic carbocycles. The number of esters is 2. The molecular formula is C23H42O4. The van der Waals surface area contributed by atoms with Crippen LogP contribution in [0.5, 0.6) is 0 Å². The predicted octanol–water partition coefficient (Wildman–Crippen LogP) is 6.23. The summed E-state index contributed by atoms with van der Waals surface area (Å²) in [6.07, 6.45) is 8.78. The first-order valence-corrected chi connectivity index (χ1v) is 10.9. The van der Waals surface area contributed by atoms with Crippen LogP contribution in [0.15, 0.2) is 11.1 Å². The van der Waals surface area contributed by atoms with E-state index in [2.05, 4.69) is 6.92 Å². The third-order valence-electron chi connectivity index (χ3n) is 4.23. The summed E-state index contributed by atoms with van der Waals surface area (Å²) in [4.78, 5) is 25.3. The molecule has 0 aromatic carbocycles. The number of unbranched alkanes of at least 4 members (excludes halogenated alkanes) is 5. The Morgan fingerprint density at radius 3 is 1.52 bits per heavy atom. The van der Waals surface area contributed by atoms with Crippen LogP contribution in [0.1, 0.15) is 99.3 Å². The number of carbonyl (C=O) groups excluding carboxylic acids is 2. The van der Waals surface area contributed by atoms with E-state index < -0.39 is 0 Å². The number of hydrogen-bond donors (Lipinski definition) is 0. The molecule has 27 heavy (non-hydrogen) atoms. The fourth-order valence-corrected chi connectivity index (χ4v) is 2.74. The SMILES string of the molecule is CCCCCCCCC(C(=O)OCC(C)C)=C(CCC)C(=O)OCC(C)C. The molecule has 0 amide bonds. The van der Waals surface area contributed by atoms with Crippen LogP contribution in [0.4, 0.5) is 0 Å². The molecule has 0 aliphatic rings. The largest absolute Gasteiger partial charge is 0.462 e. The van der Waals surface area contributed by atoms with Crippen molar-refractivity contribution >= 4 is 11.9 Å². The van der Waals surface area contributed by atoms with Crippen LogP contribution in [0.25, 0.3) is 0 Å². The molecule has 0 fully saturated rings. The van der Waals surface area contributed by atoms with Gasteiger partial charge in [0.2, 0.25) is 0 Å². The highest BCUT2D eigenvalue weighted by Crippen LogP contribution is 2.22. The van der Waals surface area contributed by atoms with Crippen LogP contribution in [0.3, 0.4) is 0 Å². The lowest BCUT2D eigenvalue weighted by Gasteiger charge is -2.16. The first-order valence-electron chi connectivity index (χ1n) is 10.9. The lowest BCUT2D eigenvalue weighted by Crippen LogP contribution is -2.19. The van der Waals surface area contributed by atoms with Crippen LogP contribution >= 0.6 is 0 Å². The summed E-state index contributed by atoms with van der Waals surface area (Å²) in [6.45, 7) is 13.0. The van der Waals surface area contributed by atoms with E-state index in [1.54, 1.807) is 0 Å². The molecule has 0 aromatic heterocycles. The van der Waals surface area contributed by atoms with E-state index in [4.69, 9.17) is 9.47 Å². The Morgan fingerprint density at radius 2 is 1.07 bits per heavy atom. The molecule has 0 saturated carbocycles. The fourth-order valence-electron chi connectivity index (χ4n) is 2.74. The van der Waals surface area contributed by atoms with Gasteiger partial charge in [-0.25, -0.2) is 9.59 Å². The van der Waals surface area contributed by atoms with Crippen LogP contribution in [-0.4, -0.2) is 25.2 Å². The van der Waals surface area contributed by atoms with E-state index in [1.165, 1.54) is 25.7 Å². The van der Waals surface area contributed by atoms with Crippen LogP contribution < -0.4 is 0 Å². The maximum Gasteiger partial charge on any atom is 0.334 e. The molecule has 0 rings (SSSR count). The van der Waals surface area contributed by atoms with Gasteiger partial charge in [0.1, 0.15) is 0 Å². The second kappa shape index (κ2) is 15.7. The minimum absolute atomic E-state index is 0.270. The lowest BCUT2D eigenvalue weighted by molar-refractivity contribution is -0.143. The smallest absolute Gasteiger partial charge is 0.334 e. The minimum Gasteiger partial charge on any atom is -0.462 e. The van der Waals surface area contributed by atoms with Gasteiger partial charge in [0.15, 0.2) is 0 Å². The van der Waals surface area contributed by atoms with Crippen LogP contribution in [0.2, 0.25) is 0 Å². The summed E-state index contributed by atoms with van der Waals surface area (Å²) < 4.78 is 10.9. The summed E-state index contributed by atoms with van der Waals surface area (Å²) in [6, 6.07) is 0. The van der Waals surface area contributed by atoms with E-state index in [0.29, 0.717) is 37.2 Å². The van der Waals surface area contributed by atoms with Crippen LogP contribution in [-0.2, 0) is 19.1 Å². The van der Waals surface area contributed by atoms with E-state index in [-0.39, 0.29) is 23.8 Å². The molecule has 4 nitrogen and oxygen atoms in total. The molecule has 0 heterocycles. The minimum atomic E-state index is -0.354. The summed E-state index contributed by atoms with van der Waals surface area (Å²) in [7, 11) is 0. The van der Waals surface area contributed by atoms with Gasteiger partial charge in [-0.15, -0.1) is 0 Å². The molecule has 0 atom stereocenters. The first kappa shape index (κ1) is 25.7. The van der Waals surface area contributed by atoms with Crippen molar-refractivity contribution in [3.63, 3.8) is 0 Å². The summed E-state index contributed by atoms with van der Waals surface area (Å²) in [5.41, 5.74) is 1.04. The zero-order valence-electron chi connectivity index (χ0n) is 18.6. The number of ether oxygens (including phenoxy) is 2. The highest BCUT2D eigenvalue weighted by molar-refractivity contribution is 6.00. The second-order valence-corrected chi connectivity index (χ2v) is 8.21. The quantitative estimate of drug-likeness (QED) is 0.191. The molecule has 0 N–H and O–H groups in total. The summed E-state index contributed by atoms with van der Waals surface area (Å²) in [5.74, 6) is -0.159. The van der Waals surface area contributed by atoms with Crippen LogP contribution in [0, 0.1) is 11.8 Å². The standard InChI is InChI=1S/C23H42O4/c1-7-9-10-11-12-13-15-21(23(25)27-17-19(5)6)20(14-8-2)22(24)26-16-18(3)4/h18-19H,7-17H2,1-6H3. The maximum absolute atomic E-state index is 12.7. The van der Waals surface area contributed by atoms with Crippen molar-refractivity contribution in [3.8, 4) is 0 Å². The molecule has 0 aliphatic heterocycles. The van der Waals surface area contributed by atoms with Crippen molar-refractivity contribution in [2.45, 2.75) is 99.3 Å². The Balaban J connectivity index is 5.20. The van der Waals surface area contributed by atoms with Crippen molar-refractivity contribution < 1.29 is 19.1 Å². The summed E-state index contributed by atoms with van der Waals surface area (Å²) >= 11 is 0. The molecule has 4 heteroatoms. The molecular weight excluding hydrogens is 340 g/mol. The number of carbonyl (C=O) groups is 2. The molecule has 0 radical (unpaired) electrons. The zero-order valence-corrected chi connectivity index (χ0v) is 18.6. The molecule has 158 valence electrons. The van der Waals surface area contributed by atoms with Gasteiger partial charge < -0.3 is 9.47 Å². The third-order valence-corrected chi connectivity index (χ3v) is 4.23. The van der Waals surface area contributed by atoms with E-state index in [9.17, 15) is 9.59 Å². The van der Waals surface area contributed by atoms with Crippen molar-refractivity contribution in [2.75, 3.05) is 13.2 Å². The normalized spacial score (nSPS) is 12.3. The first-order chi connectivity index (χ1) is 12.8. The Bertz CT molecular complexity index is 449. The summed E-state index contributed by atoms with van der Waals surface area (Å²) in [5, 5.41) is 0. The molecule has 0 saturated heterocycles. The van der Waals surface area contributed by atoms with Crippen molar-refractivity contribution in [2.24, 2.45) is 11.8 Å². The highest BCUT2D eigenvalue weighted by Gasteiger charge is 2.23. The number of hydrogen-bond acceptors (Lipinski definition) is 4. The molecule has 0 aromatic rings. The Labute approximate surface area is 167 Å². The average molecular weight is 383 g/mol. The monoisotopic (exact) mass is 382 g/mol. The average Bonchev–Trinajstić information content (AvgIpc) is 2.62. The lowest BCUT2D eigenvalue weighted by atomic mass is 9.97. The molecule has 0 unspecified atom stereocenters. The van der Waals surface area contributed by atoms with Gasteiger partial charge in [-0.2, -0.15) is 0 Å². The van der Waals surface area contributed by atoms with E-state index in [0.717, 1.165) is 19.3 Å². The van der Waals surface area contributed by atoms with E-state index >= 15 is 0 Å². The predicted molar refractivity (Wildman–Crippen MR) is 112 cm³/mol. The van der Waals surface area contributed by atoms with Crippen molar-refractivity contribution in [1.29, 1.82) is 0 Å². The van der Waals surface area contributed by atoms with Gasteiger partial charge in [-0.3, -0.25) is 0 Å². The number of rotatable bonds is 15. The van der Waals surface area contributed by atoms with Gasteiger partial charge in [0, 0.05) is 11.1 Å². The Hall–Kier alpha value is -1.32. The topological polar surface area (TPSA) is 52.6 Å². The fraction of sp³-hybridized carbons (Fsp3) is 0.826. The van der Waals surface area contributed by atoms with Gasteiger partial charge in [0.25, 0.3) is 0 Å². The zero-order chi connectivity index (χ0) is 20.7. The highest BCUT2D eigenvalue weighted by atomic mass is 16.5. The van der Waals surface area contributed by atoms with Gasteiger partial charge in [0.05, 0.1) is 13.2 Å².